The van der Waals surface area contributed by atoms with Gasteiger partial charge in [0.05, 0.1) is 17.7 Å². The number of aryl methyl sites for hydroxylation is 1. The number of methoxy groups -OCH3 is 1. The maximum Gasteiger partial charge on any atom is 0.336 e. The van der Waals surface area contributed by atoms with Crippen LogP contribution < -0.4 is 10.1 Å². The lowest BCUT2D eigenvalue weighted by Crippen LogP contribution is -2.12. The van der Waals surface area contributed by atoms with Gasteiger partial charge >= 0.3 is 6.01 Å². The monoisotopic (exact) mass is 429 g/mol. The summed E-state index contributed by atoms with van der Waals surface area (Å²) in [4.78, 5) is 27.2. The molecule has 0 radical (unpaired) electrons. The van der Waals surface area contributed by atoms with Crippen LogP contribution in [0.4, 0.5) is 11.4 Å². The van der Waals surface area contributed by atoms with Gasteiger partial charge in [-0.15, -0.1) is 5.10 Å². The van der Waals surface area contributed by atoms with E-state index < -0.39 is 4.92 Å². The van der Waals surface area contributed by atoms with Crippen molar-refractivity contribution in [2.75, 3.05) is 12.4 Å². The SMILES string of the molecule is COc1nc(-c2ccccc2C)n(-c2ccc(NC(=O)c3ccc([N+](=O)[O-])cc3)cc2)n1. The molecule has 9 nitrogen and oxygen atoms in total. The number of hydrogen-bond acceptors (Lipinski definition) is 6. The summed E-state index contributed by atoms with van der Waals surface area (Å²) in [5, 5.41) is 18.0. The highest BCUT2D eigenvalue weighted by Crippen LogP contribution is 2.26. The minimum atomic E-state index is -0.509. The Kier molecular flexibility index (Phi) is 5.63. The number of non-ortho nitro benzene ring substituents is 1. The number of benzene rings is 3. The van der Waals surface area contributed by atoms with Crippen molar-refractivity contribution in [1.29, 1.82) is 0 Å². The van der Waals surface area contributed by atoms with E-state index in [1.807, 2.05) is 31.2 Å². The number of aromatic nitrogens is 3. The molecule has 1 N–H and O–H groups in total. The third kappa shape index (κ3) is 4.17. The predicted octanol–water partition coefficient (Wildman–Crippen LogP) is 4.41. The number of ether oxygens (including phenoxy) is 1. The Morgan fingerprint density at radius 1 is 1.03 bits per heavy atom. The first-order chi connectivity index (χ1) is 15.5. The molecule has 0 aliphatic heterocycles. The van der Waals surface area contributed by atoms with Gasteiger partial charge in [-0.2, -0.15) is 4.98 Å². The molecule has 0 aliphatic rings. The Morgan fingerprint density at radius 2 is 1.72 bits per heavy atom. The van der Waals surface area contributed by atoms with Crippen LogP contribution in [0.5, 0.6) is 6.01 Å². The predicted molar refractivity (Wildman–Crippen MR) is 119 cm³/mol. The first-order valence-corrected chi connectivity index (χ1v) is 9.69. The number of carbonyl (C=O) groups is 1. The first kappa shape index (κ1) is 20.7. The number of nitro benzene ring substituents is 1. The lowest BCUT2D eigenvalue weighted by molar-refractivity contribution is -0.384. The van der Waals surface area contributed by atoms with Crippen molar-refractivity contribution >= 4 is 17.3 Å². The van der Waals surface area contributed by atoms with E-state index in [2.05, 4.69) is 15.4 Å². The number of nitro groups is 1. The second kappa shape index (κ2) is 8.68. The summed E-state index contributed by atoms with van der Waals surface area (Å²) in [6.07, 6.45) is 0. The first-order valence-electron chi connectivity index (χ1n) is 9.69. The highest BCUT2D eigenvalue weighted by Gasteiger charge is 2.16. The Balaban J connectivity index is 1.58. The molecule has 4 rings (SSSR count). The molecular weight excluding hydrogens is 410 g/mol. The van der Waals surface area contributed by atoms with Crippen LogP contribution >= 0.6 is 0 Å². The number of carbonyl (C=O) groups excluding carboxylic acids is 1. The lowest BCUT2D eigenvalue weighted by atomic mass is 10.1. The molecule has 160 valence electrons. The maximum absolute atomic E-state index is 12.4. The fourth-order valence-electron chi connectivity index (χ4n) is 3.18. The third-order valence-electron chi connectivity index (χ3n) is 4.87. The van der Waals surface area contributed by atoms with E-state index in [9.17, 15) is 14.9 Å². The number of nitrogens with zero attached hydrogens (tertiary/aromatic N) is 4. The van der Waals surface area contributed by atoms with Crippen molar-refractivity contribution in [3.8, 4) is 23.1 Å². The summed E-state index contributed by atoms with van der Waals surface area (Å²) < 4.78 is 6.91. The van der Waals surface area contributed by atoms with Crippen molar-refractivity contribution in [3.63, 3.8) is 0 Å². The van der Waals surface area contributed by atoms with E-state index in [0.29, 0.717) is 17.1 Å². The van der Waals surface area contributed by atoms with Gasteiger partial charge in [-0.25, -0.2) is 4.68 Å². The van der Waals surface area contributed by atoms with Gasteiger partial charge in [0.15, 0.2) is 5.82 Å². The molecule has 32 heavy (non-hydrogen) atoms. The van der Waals surface area contributed by atoms with Crippen molar-refractivity contribution in [2.45, 2.75) is 6.92 Å². The molecule has 1 aromatic heterocycles. The summed E-state index contributed by atoms with van der Waals surface area (Å²) in [7, 11) is 1.51. The van der Waals surface area contributed by atoms with Crippen LogP contribution in [0.15, 0.2) is 72.8 Å². The van der Waals surface area contributed by atoms with Crippen LogP contribution in [0.3, 0.4) is 0 Å². The smallest absolute Gasteiger partial charge is 0.336 e. The molecule has 1 amide bonds. The Bertz CT molecular complexity index is 1280. The Hall–Kier alpha value is -4.53. The van der Waals surface area contributed by atoms with Crippen LogP contribution in [0.2, 0.25) is 0 Å². The van der Waals surface area contributed by atoms with E-state index in [-0.39, 0.29) is 17.6 Å². The van der Waals surface area contributed by atoms with Crippen molar-refractivity contribution < 1.29 is 14.5 Å². The number of rotatable bonds is 6. The average Bonchev–Trinajstić information content (AvgIpc) is 3.24. The topological polar surface area (TPSA) is 112 Å². The van der Waals surface area contributed by atoms with Gasteiger partial charge in [0.2, 0.25) is 0 Å². The van der Waals surface area contributed by atoms with Crippen molar-refractivity contribution in [2.24, 2.45) is 0 Å². The van der Waals surface area contributed by atoms with Crippen LogP contribution in [0.25, 0.3) is 17.1 Å². The number of amides is 1. The fraction of sp³-hybridized carbons (Fsp3) is 0.0870. The molecule has 3 aromatic carbocycles. The van der Waals surface area contributed by atoms with Gasteiger partial charge in [-0.05, 0) is 48.9 Å². The molecule has 0 spiro atoms. The van der Waals surface area contributed by atoms with Gasteiger partial charge < -0.3 is 10.1 Å². The molecule has 4 aromatic rings. The van der Waals surface area contributed by atoms with E-state index in [0.717, 1.165) is 16.8 Å². The second-order valence-corrected chi connectivity index (χ2v) is 6.95. The minimum absolute atomic E-state index is 0.0707. The average molecular weight is 429 g/mol. The lowest BCUT2D eigenvalue weighted by Gasteiger charge is -2.09. The van der Waals surface area contributed by atoms with Crippen LogP contribution in [-0.4, -0.2) is 32.7 Å². The summed E-state index contributed by atoms with van der Waals surface area (Å²) in [5.41, 5.74) is 3.55. The number of nitrogens with one attached hydrogen (secondary N) is 1. The molecule has 0 bridgehead atoms. The van der Waals surface area contributed by atoms with Crippen molar-refractivity contribution in [1.82, 2.24) is 14.8 Å². The van der Waals surface area contributed by atoms with Gasteiger partial charge in [0.25, 0.3) is 11.6 Å². The maximum atomic E-state index is 12.4. The standard InChI is InChI=1S/C23H19N5O4/c1-15-5-3-4-6-20(15)21-25-23(32-2)26-27(21)18-13-9-17(10-14-18)24-22(29)16-7-11-19(12-8-16)28(30)31/h3-14H,1-2H3,(H,24,29). The van der Waals surface area contributed by atoms with Gasteiger partial charge in [-0.1, -0.05) is 24.3 Å². The molecule has 0 fully saturated rings. The van der Waals surface area contributed by atoms with Crippen LogP contribution in [0.1, 0.15) is 15.9 Å². The van der Waals surface area contributed by atoms with E-state index in [4.69, 9.17) is 4.74 Å². The fourth-order valence-corrected chi connectivity index (χ4v) is 3.18. The zero-order valence-electron chi connectivity index (χ0n) is 17.4. The van der Waals surface area contributed by atoms with E-state index in [1.165, 1.54) is 31.4 Å². The summed E-state index contributed by atoms with van der Waals surface area (Å²) in [5.74, 6) is 0.276. The highest BCUT2D eigenvalue weighted by atomic mass is 16.6. The molecule has 1 heterocycles. The van der Waals surface area contributed by atoms with E-state index >= 15 is 0 Å². The van der Waals surface area contributed by atoms with Gasteiger partial charge in [-0.3, -0.25) is 14.9 Å². The molecule has 9 heteroatoms. The minimum Gasteiger partial charge on any atom is -0.466 e. The zero-order valence-corrected chi connectivity index (χ0v) is 17.4. The van der Waals surface area contributed by atoms with Crippen molar-refractivity contribution in [3.05, 3.63) is 94.0 Å². The molecule has 0 saturated heterocycles. The molecule has 0 unspecified atom stereocenters. The summed E-state index contributed by atoms with van der Waals surface area (Å²) in [6.45, 7) is 2.00. The largest absolute Gasteiger partial charge is 0.466 e. The van der Waals surface area contributed by atoms with Gasteiger partial charge in [0, 0.05) is 28.9 Å². The Labute approximate surface area is 183 Å². The van der Waals surface area contributed by atoms with E-state index in [1.54, 1.807) is 28.9 Å². The van der Waals surface area contributed by atoms with Gasteiger partial charge in [0.1, 0.15) is 0 Å². The normalized spacial score (nSPS) is 10.6. The van der Waals surface area contributed by atoms with Crippen LogP contribution in [-0.2, 0) is 0 Å². The molecular formula is C23H19N5O4. The number of hydrogen-bond donors (Lipinski definition) is 1. The number of anilines is 1. The molecule has 0 atom stereocenters. The molecule has 0 saturated carbocycles. The molecule has 0 aliphatic carbocycles. The highest BCUT2D eigenvalue weighted by molar-refractivity contribution is 6.04. The van der Waals surface area contributed by atoms with Crippen LogP contribution in [0, 0.1) is 17.0 Å². The third-order valence-corrected chi connectivity index (χ3v) is 4.87. The Morgan fingerprint density at radius 3 is 2.34 bits per heavy atom. The quantitative estimate of drug-likeness (QED) is 0.359. The summed E-state index contributed by atoms with van der Waals surface area (Å²) >= 11 is 0. The zero-order chi connectivity index (χ0) is 22.7. The second-order valence-electron chi connectivity index (χ2n) is 6.95. The summed E-state index contributed by atoms with van der Waals surface area (Å²) in [6, 6.07) is 20.6.